The fourth-order valence-corrected chi connectivity index (χ4v) is 4.88. The third-order valence-electron chi connectivity index (χ3n) is 4.64. The molecular weight excluding hydrogens is 366 g/mol. The molecule has 1 fully saturated rings. The Morgan fingerprint density at radius 2 is 1.81 bits per heavy atom. The Labute approximate surface area is 158 Å². The molecule has 0 unspecified atom stereocenters. The normalized spacial score (nSPS) is 15.5. The minimum absolute atomic E-state index is 0.0184. The molecule has 144 valence electrons. The van der Waals surface area contributed by atoms with Crippen LogP contribution in [0.15, 0.2) is 40.0 Å². The van der Waals surface area contributed by atoms with Gasteiger partial charge in [0.2, 0.25) is 10.0 Å². The largest absolute Gasteiger partial charge is 0.326 e. The Morgan fingerprint density at radius 3 is 2.48 bits per heavy atom. The number of nitrogens with zero attached hydrogens (tertiary/aromatic N) is 1. The lowest BCUT2D eigenvalue weighted by molar-refractivity contribution is 0.102. The number of nitrogens with one attached hydrogen (secondary N) is 2. The summed E-state index contributed by atoms with van der Waals surface area (Å²) in [7, 11) is -3.59. The van der Waals surface area contributed by atoms with Crippen LogP contribution in [0.5, 0.6) is 0 Å². The summed E-state index contributed by atoms with van der Waals surface area (Å²) in [5.74, 6) is -0.568. The molecule has 7 nitrogen and oxygen atoms in total. The number of benzene rings is 1. The van der Waals surface area contributed by atoms with Gasteiger partial charge in [0.05, 0.1) is 4.90 Å². The number of piperidine rings is 1. The van der Waals surface area contributed by atoms with E-state index in [2.05, 4.69) is 10.3 Å². The molecule has 1 amide bonds. The van der Waals surface area contributed by atoms with Gasteiger partial charge in [0.15, 0.2) is 0 Å². The van der Waals surface area contributed by atoms with Gasteiger partial charge in [0.25, 0.3) is 11.5 Å². The van der Waals surface area contributed by atoms with Crippen molar-refractivity contribution in [2.45, 2.75) is 38.0 Å². The van der Waals surface area contributed by atoms with Crippen molar-refractivity contribution >= 4 is 21.6 Å². The van der Waals surface area contributed by atoms with Gasteiger partial charge in [0, 0.05) is 24.5 Å². The number of aromatic nitrogens is 1. The Hall–Kier alpha value is -2.45. The molecule has 1 aromatic heterocycles. The summed E-state index contributed by atoms with van der Waals surface area (Å²) in [6, 6.07) is 7.85. The van der Waals surface area contributed by atoms with Crippen LogP contribution in [0.2, 0.25) is 0 Å². The number of H-pyrrole nitrogens is 1. The second-order valence-corrected chi connectivity index (χ2v) is 8.72. The van der Waals surface area contributed by atoms with Gasteiger partial charge in [-0.3, -0.25) is 9.59 Å². The number of carbonyl (C=O) groups is 1. The van der Waals surface area contributed by atoms with E-state index in [1.165, 1.54) is 16.4 Å². The number of aromatic amines is 1. The standard InChI is InChI=1S/C19H23N3O4S/c1-13-11-14(2)20-18(23)17(13)19(24)21-15-7-6-8-16(12-15)27(25,26)22-9-4-3-5-10-22/h6-8,11-12H,3-5,9-10H2,1-2H3,(H,20,23)(H,21,24). The summed E-state index contributed by atoms with van der Waals surface area (Å²) >= 11 is 0. The first kappa shape index (κ1) is 19.3. The SMILES string of the molecule is Cc1cc(C)c(C(=O)Nc2cccc(S(=O)(=O)N3CCCCC3)c2)c(=O)[nH]1. The van der Waals surface area contributed by atoms with Crippen molar-refractivity contribution in [3.05, 3.63) is 57.5 Å². The van der Waals surface area contributed by atoms with Gasteiger partial charge in [-0.2, -0.15) is 4.31 Å². The zero-order valence-corrected chi connectivity index (χ0v) is 16.2. The summed E-state index contributed by atoms with van der Waals surface area (Å²) in [6.45, 7) is 4.45. The number of carbonyl (C=O) groups excluding carboxylic acids is 1. The molecule has 0 radical (unpaired) electrons. The number of pyridine rings is 1. The number of aryl methyl sites for hydroxylation is 2. The van der Waals surface area contributed by atoms with E-state index in [1.54, 1.807) is 32.0 Å². The van der Waals surface area contributed by atoms with Crippen LogP contribution < -0.4 is 10.9 Å². The average Bonchev–Trinajstić information content (AvgIpc) is 2.62. The number of sulfonamides is 1. The first-order valence-electron chi connectivity index (χ1n) is 8.91. The molecule has 2 N–H and O–H groups in total. The topological polar surface area (TPSA) is 99.3 Å². The first-order chi connectivity index (χ1) is 12.8. The van der Waals surface area contributed by atoms with Crippen LogP contribution >= 0.6 is 0 Å². The molecular formula is C19H23N3O4S. The maximum atomic E-state index is 12.8. The van der Waals surface area contributed by atoms with E-state index in [0.29, 0.717) is 30.0 Å². The van der Waals surface area contributed by atoms with Crippen LogP contribution in [0.25, 0.3) is 0 Å². The number of anilines is 1. The third-order valence-corrected chi connectivity index (χ3v) is 6.53. The van der Waals surface area contributed by atoms with E-state index < -0.39 is 21.5 Å². The maximum Gasteiger partial charge on any atom is 0.261 e. The lowest BCUT2D eigenvalue weighted by Crippen LogP contribution is -2.35. The molecule has 1 saturated heterocycles. The second kappa shape index (κ2) is 7.66. The monoisotopic (exact) mass is 389 g/mol. The van der Waals surface area contributed by atoms with E-state index in [9.17, 15) is 18.0 Å². The predicted molar refractivity (Wildman–Crippen MR) is 104 cm³/mol. The van der Waals surface area contributed by atoms with Crippen molar-refractivity contribution in [1.82, 2.24) is 9.29 Å². The van der Waals surface area contributed by atoms with Gasteiger partial charge in [-0.25, -0.2) is 8.42 Å². The average molecular weight is 389 g/mol. The van der Waals surface area contributed by atoms with Crippen LogP contribution in [-0.4, -0.2) is 36.7 Å². The van der Waals surface area contributed by atoms with Gasteiger partial charge in [-0.1, -0.05) is 12.5 Å². The molecule has 8 heteroatoms. The highest BCUT2D eigenvalue weighted by molar-refractivity contribution is 7.89. The Kier molecular flexibility index (Phi) is 5.48. The smallest absolute Gasteiger partial charge is 0.261 e. The molecule has 0 aliphatic carbocycles. The van der Waals surface area contributed by atoms with Crippen LogP contribution in [0.1, 0.15) is 40.9 Å². The van der Waals surface area contributed by atoms with Crippen molar-refractivity contribution in [2.24, 2.45) is 0 Å². The summed E-state index contributed by atoms with van der Waals surface area (Å²) < 4.78 is 27.1. The van der Waals surface area contributed by atoms with E-state index in [-0.39, 0.29) is 10.5 Å². The highest BCUT2D eigenvalue weighted by atomic mass is 32.2. The van der Waals surface area contributed by atoms with Crippen LogP contribution in [0.4, 0.5) is 5.69 Å². The van der Waals surface area contributed by atoms with Crippen molar-refractivity contribution in [2.75, 3.05) is 18.4 Å². The fraction of sp³-hybridized carbons (Fsp3) is 0.368. The van der Waals surface area contributed by atoms with Crippen LogP contribution in [-0.2, 0) is 10.0 Å². The first-order valence-corrected chi connectivity index (χ1v) is 10.3. The number of rotatable bonds is 4. The molecule has 0 spiro atoms. The molecule has 2 aromatic rings. The van der Waals surface area contributed by atoms with Crippen LogP contribution in [0.3, 0.4) is 0 Å². The summed E-state index contributed by atoms with van der Waals surface area (Å²) in [5, 5.41) is 2.63. The zero-order valence-electron chi connectivity index (χ0n) is 15.4. The molecule has 2 heterocycles. The highest BCUT2D eigenvalue weighted by Crippen LogP contribution is 2.23. The predicted octanol–water partition coefficient (Wildman–Crippen LogP) is 2.42. The molecule has 3 rings (SSSR count). The van der Waals surface area contributed by atoms with E-state index in [0.717, 1.165) is 19.3 Å². The number of amides is 1. The van der Waals surface area contributed by atoms with Crippen molar-refractivity contribution in [3.63, 3.8) is 0 Å². The lowest BCUT2D eigenvalue weighted by atomic mass is 10.1. The summed E-state index contributed by atoms with van der Waals surface area (Å²) in [5.41, 5.74) is 1.11. The molecule has 0 saturated carbocycles. The number of hydrogen-bond acceptors (Lipinski definition) is 4. The Morgan fingerprint density at radius 1 is 1.11 bits per heavy atom. The van der Waals surface area contributed by atoms with Gasteiger partial charge in [-0.05, 0) is 56.5 Å². The van der Waals surface area contributed by atoms with E-state index >= 15 is 0 Å². The highest BCUT2D eigenvalue weighted by Gasteiger charge is 2.26. The number of hydrogen-bond donors (Lipinski definition) is 2. The Bertz CT molecular complexity index is 1020. The molecule has 0 atom stereocenters. The fourth-order valence-electron chi connectivity index (χ4n) is 3.32. The van der Waals surface area contributed by atoms with Crippen molar-refractivity contribution in [1.29, 1.82) is 0 Å². The summed E-state index contributed by atoms with van der Waals surface area (Å²) in [4.78, 5) is 27.4. The van der Waals surface area contributed by atoms with Gasteiger partial charge >= 0.3 is 0 Å². The van der Waals surface area contributed by atoms with E-state index in [1.807, 2.05) is 0 Å². The molecule has 1 aromatic carbocycles. The maximum absolute atomic E-state index is 12.8. The molecule has 0 bridgehead atoms. The van der Waals surface area contributed by atoms with Gasteiger partial charge in [-0.15, -0.1) is 0 Å². The minimum atomic E-state index is -3.59. The molecule has 1 aliphatic rings. The van der Waals surface area contributed by atoms with Crippen LogP contribution in [0, 0.1) is 13.8 Å². The minimum Gasteiger partial charge on any atom is -0.326 e. The summed E-state index contributed by atoms with van der Waals surface area (Å²) in [6.07, 6.45) is 2.74. The quantitative estimate of drug-likeness (QED) is 0.839. The van der Waals surface area contributed by atoms with Gasteiger partial charge < -0.3 is 10.3 Å². The third kappa shape index (κ3) is 4.12. The van der Waals surface area contributed by atoms with Crippen molar-refractivity contribution in [3.8, 4) is 0 Å². The molecule has 1 aliphatic heterocycles. The van der Waals surface area contributed by atoms with Crippen molar-refractivity contribution < 1.29 is 13.2 Å². The van der Waals surface area contributed by atoms with E-state index in [4.69, 9.17) is 0 Å². The zero-order chi connectivity index (χ0) is 19.6. The Balaban J connectivity index is 1.86. The molecule has 27 heavy (non-hydrogen) atoms. The second-order valence-electron chi connectivity index (χ2n) is 6.79. The van der Waals surface area contributed by atoms with Gasteiger partial charge in [0.1, 0.15) is 5.56 Å². The lowest BCUT2D eigenvalue weighted by Gasteiger charge is -2.26.